The van der Waals surface area contributed by atoms with Crippen LogP contribution >= 0.6 is 11.6 Å². The molecule has 1 aliphatic heterocycles. The second-order valence-electron chi connectivity index (χ2n) is 10.2. The summed E-state index contributed by atoms with van der Waals surface area (Å²) in [4.78, 5) is 21.8. The van der Waals surface area contributed by atoms with Crippen LogP contribution in [0.15, 0.2) is 36.4 Å². The minimum absolute atomic E-state index is 0.145. The van der Waals surface area contributed by atoms with Crippen LogP contribution in [-0.2, 0) is 9.53 Å². The Morgan fingerprint density at radius 3 is 2.53 bits per heavy atom. The molecule has 192 valence electrons. The molecule has 1 saturated carbocycles. The predicted molar refractivity (Wildman–Crippen MR) is 138 cm³/mol. The summed E-state index contributed by atoms with van der Waals surface area (Å²) in [5.74, 6) is -0.572. The number of alkyl halides is 1. The van der Waals surface area contributed by atoms with E-state index in [9.17, 15) is 9.90 Å². The zero-order valence-electron chi connectivity index (χ0n) is 20.5. The molecule has 5 rings (SSSR count). The van der Waals surface area contributed by atoms with Crippen LogP contribution in [0.25, 0.3) is 22.3 Å². The molecule has 2 aromatic heterocycles. The summed E-state index contributed by atoms with van der Waals surface area (Å²) in [6, 6.07) is 11.9. The number of hydrogen-bond donors (Lipinski definition) is 2. The maximum atomic E-state index is 15.4. The van der Waals surface area contributed by atoms with Crippen molar-refractivity contribution in [3.63, 3.8) is 0 Å². The molecule has 9 heteroatoms. The van der Waals surface area contributed by atoms with E-state index in [4.69, 9.17) is 26.1 Å². The van der Waals surface area contributed by atoms with E-state index in [0.717, 1.165) is 48.6 Å². The van der Waals surface area contributed by atoms with E-state index in [0.29, 0.717) is 29.4 Å². The molecule has 3 heterocycles. The van der Waals surface area contributed by atoms with E-state index in [1.165, 1.54) is 13.8 Å². The third kappa shape index (κ3) is 4.64. The van der Waals surface area contributed by atoms with Crippen LogP contribution in [0.4, 0.5) is 10.1 Å². The number of nitrogens with one attached hydrogen (secondary N) is 1. The minimum atomic E-state index is -1.75. The van der Waals surface area contributed by atoms with Gasteiger partial charge >= 0.3 is 5.97 Å². The number of fused-ring (bicyclic) bond motifs is 1. The number of nitrogens with zero attached hydrogens (tertiary/aromatic N) is 2. The van der Waals surface area contributed by atoms with Crippen molar-refractivity contribution in [1.82, 2.24) is 9.97 Å². The monoisotopic (exact) mass is 515 g/mol. The summed E-state index contributed by atoms with van der Waals surface area (Å²) in [7, 11) is 0. The van der Waals surface area contributed by atoms with Gasteiger partial charge in [0, 0.05) is 30.4 Å². The number of carboxylic acid groups (broad SMARTS) is 1. The Hall–Kier alpha value is -2.84. The normalized spacial score (nSPS) is 23.1. The van der Waals surface area contributed by atoms with Gasteiger partial charge in [-0.25, -0.2) is 9.37 Å². The van der Waals surface area contributed by atoms with Gasteiger partial charge in [-0.2, -0.15) is 0 Å². The molecule has 0 spiro atoms. The first-order chi connectivity index (χ1) is 17.2. The summed E-state index contributed by atoms with van der Waals surface area (Å²) in [5.41, 5.74) is 1.06. The van der Waals surface area contributed by atoms with E-state index >= 15 is 4.39 Å². The molecule has 0 atom stereocenters. The number of carbonyl (C=O) groups is 1. The molecule has 2 N–H and O–H groups in total. The molecule has 7 nitrogen and oxygen atoms in total. The average molecular weight is 516 g/mol. The zero-order chi connectivity index (χ0) is 25.5. The Labute approximate surface area is 214 Å². The topological polar surface area (TPSA) is 87.7 Å². The van der Waals surface area contributed by atoms with Crippen molar-refractivity contribution < 1.29 is 23.8 Å². The third-order valence-electron chi connectivity index (χ3n) is 7.72. The maximum Gasteiger partial charge on any atom is 0.312 e. The minimum Gasteiger partial charge on any atom is -0.481 e. The molecular formula is C27H31ClFN3O4. The Balaban J connectivity index is 1.29. The van der Waals surface area contributed by atoms with Crippen molar-refractivity contribution in [3.8, 4) is 17.1 Å². The van der Waals surface area contributed by atoms with Gasteiger partial charge in [0.15, 0.2) is 5.88 Å². The molecule has 36 heavy (non-hydrogen) atoms. The Kier molecular flexibility index (Phi) is 6.59. The van der Waals surface area contributed by atoms with Crippen molar-refractivity contribution in [2.45, 2.75) is 51.3 Å². The summed E-state index contributed by atoms with van der Waals surface area (Å²) in [6.07, 6.45) is 0.974. The van der Waals surface area contributed by atoms with Crippen molar-refractivity contribution in [2.24, 2.45) is 5.41 Å². The lowest BCUT2D eigenvalue weighted by Gasteiger charge is -2.41. The van der Waals surface area contributed by atoms with Gasteiger partial charge < -0.3 is 24.5 Å². The molecule has 1 aliphatic carbocycles. The van der Waals surface area contributed by atoms with E-state index < -0.39 is 17.1 Å². The highest BCUT2D eigenvalue weighted by atomic mass is 35.5. The van der Waals surface area contributed by atoms with Gasteiger partial charge in [0.2, 0.25) is 0 Å². The van der Waals surface area contributed by atoms with E-state index in [1.807, 2.05) is 24.3 Å². The molecule has 2 fully saturated rings. The summed E-state index contributed by atoms with van der Waals surface area (Å²) in [6.45, 7) is 6.13. The number of aromatic amines is 1. The Bertz CT molecular complexity index is 1250. The second kappa shape index (κ2) is 9.56. The number of ether oxygens (including phenoxy) is 2. The van der Waals surface area contributed by atoms with Crippen molar-refractivity contribution >= 4 is 34.3 Å². The van der Waals surface area contributed by atoms with Crippen LogP contribution in [0.1, 0.15) is 39.5 Å². The standard InChI is InChI=1S/C27H31ClFN3O4/c1-26(2,25(33)34)27(29)9-7-19(8-10-27)36-23-16-22-21(30-23)15-20(28)24(31-22)17-3-5-18(6-4-17)32-11-13-35-14-12-32/h3-6,15-16,19,30H,7-14H2,1-2H3,(H,33,34)/t19-,27+. The first-order valence-electron chi connectivity index (χ1n) is 12.4. The SMILES string of the molecule is CC(C)(C(=O)O)[C@]1(F)CC[C@@H](Oc2cc3nc(-c4ccc(N5CCOCC5)cc4)c(Cl)cc3[nH]2)CC1. The summed E-state index contributed by atoms with van der Waals surface area (Å²) < 4.78 is 26.9. The Morgan fingerprint density at radius 1 is 1.22 bits per heavy atom. The van der Waals surface area contributed by atoms with Crippen LogP contribution in [-0.4, -0.2) is 59.1 Å². The molecule has 0 radical (unpaired) electrons. The van der Waals surface area contributed by atoms with E-state index in [2.05, 4.69) is 22.0 Å². The van der Waals surface area contributed by atoms with Gasteiger partial charge in [0.05, 0.1) is 40.4 Å². The lowest BCUT2D eigenvalue weighted by Crippen LogP contribution is -2.49. The number of pyridine rings is 1. The van der Waals surface area contributed by atoms with Crippen molar-refractivity contribution in [1.29, 1.82) is 0 Å². The number of hydrogen-bond acceptors (Lipinski definition) is 5. The number of morpholine rings is 1. The lowest BCUT2D eigenvalue weighted by atomic mass is 9.68. The average Bonchev–Trinajstić information content (AvgIpc) is 3.26. The molecule has 0 amide bonds. The first-order valence-corrected chi connectivity index (χ1v) is 12.8. The zero-order valence-corrected chi connectivity index (χ0v) is 21.3. The first kappa shape index (κ1) is 24.8. The molecule has 0 bridgehead atoms. The quantitative estimate of drug-likeness (QED) is 0.427. The van der Waals surface area contributed by atoms with Gasteiger partial charge in [-0.15, -0.1) is 0 Å². The van der Waals surface area contributed by atoms with Crippen molar-refractivity contribution in [3.05, 3.63) is 41.4 Å². The highest BCUT2D eigenvalue weighted by Crippen LogP contribution is 2.46. The molecule has 0 unspecified atom stereocenters. The number of benzene rings is 1. The van der Waals surface area contributed by atoms with Gasteiger partial charge in [0.25, 0.3) is 0 Å². The number of H-pyrrole nitrogens is 1. The number of rotatable bonds is 6. The molecule has 2 aliphatic rings. The van der Waals surface area contributed by atoms with Crippen molar-refractivity contribution in [2.75, 3.05) is 31.2 Å². The summed E-state index contributed by atoms with van der Waals surface area (Å²) in [5, 5.41) is 9.97. The summed E-state index contributed by atoms with van der Waals surface area (Å²) >= 11 is 6.59. The van der Waals surface area contributed by atoms with E-state index in [1.54, 1.807) is 0 Å². The molecule has 1 aromatic carbocycles. The van der Waals surface area contributed by atoms with Crippen LogP contribution in [0.5, 0.6) is 5.88 Å². The largest absolute Gasteiger partial charge is 0.481 e. The third-order valence-corrected chi connectivity index (χ3v) is 8.01. The van der Waals surface area contributed by atoms with Gasteiger partial charge in [-0.3, -0.25) is 4.79 Å². The molecule has 1 saturated heterocycles. The predicted octanol–water partition coefficient (Wildman–Crippen LogP) is 5.86. The highest BCUT2D eigenvalue weighted by molar-refractivity contribution is 6.33. The Morgan fingerprint density at radius 2 is 1.89 bits per heavy atom. The number of halogens is 2. The van der Waals surface area contributed by atoms with Gasteiger partial charge in [0.1, 0.15) is 11.8 Å². The number of carboxylic acids is 1. The van der Waals surface area contributed by atoms with E-state index in [-0.39, 0.29) is 18.9 Å². The fourth-order valence-corrected chi connectivity index (χ4v) is 5.35. The van der Waals surface area contributed by atoms with Crippen LogP contribution < -0.4 is 9.64 Å². The molecular weight excluding hydrogens is 485 g/mol. The maximum absolute atomic E-state index is 15.4. The van der Waals surface area contributed by atoms with Crippen LogP contribution in [0.3, 0.4) is 0 Å². The highest BCUT2D eigenvalue weighted by Gasteiger charge is 2.52. The number of aromatic nitrogens is 2. The number of anilines is 1. The van der Waals surface area contributed by atoms with Crippen LogP contribution in [0, 0.1) is 5.41 Å². The molecule has 3 aromatic rings. The van der Waals surface area contributed by atoms with Gasteiger partial charge in [-0.1, -0.05) is 23.7 Å². The lowest BCUT2D eigenvalue weighted by molar-refractivity contribution is -0.160. The van der Waals surface area contributed by atoms with Gasteiger partial charge in [-0.05, 0) is 57.7 Å². The fraction of sp³-hybridized carbons (Fsp3) is 0.481. The second-order valence-corrected chi connectivity index (χ2v) is 10.7. The number of aliphatic carboxylic acids is 1. The fourth-order valence-electron chi connectivity index (χ4n) is 5.09. The smallest absolute Gasteiger partial charge is 0.312 e. The van der Waals surface area contributed by atoms with Crippen LogP contribution in [0.2, 0.25) is 5.02 Å².